The van der Waals surface area contributed by atoms with Crippen LogP contribution in [-0.2, 0) is 19.6 Å². The highest BCUT2D eigenvalue weighted by atomic mass is 17.5. The first-order valence-electron chi connectivity index (χ1n) is 4.76. The summed E-state index contributed by atoms with van der Waals surface area (Å²) in [6.45, 7) is 0.519. The monoisotopic (exact) mass is 187 g/mol. The van der Waals surface area contributed by atoms with Crippen LogP contribution in [0.2, 0.25) is 0 Å². The first-order valence-corrected chi connectivity index (χ1v) is 4.76. The van der Waals surface area contributed by atoms with E-state index in [9.17, 15) is 4.79 Å². The molecule has 1 heterocycles. The number of hydrogen-bond donors (Lipinski definition) is 0. The molecule has 75 valence electrons. The molecule has 1 aliphatic heterocycles. The van der Waals surface area contributed by atoms with Crippen molar-refractivity contribution in [3.63, 3.8) is 0 Å². The Bertz CT molecular complexity index is 126. The highest BCUT2D eigenvalue weighted by molar-refractivity contribution is 5.56. The third kappa shape index (κ3) is 4.98. The van der Waals surface area contributed by atoms with E-state index in [-0.39, 0.29) is 0 Å². The average molecular weight is 187 g/mol. The lowest BCUT2D eigenvalue weighted by atomic mass is 10.1. The van der Waals surface area contributed by atoms with Gasteiger partial charge in [0.2, 0.25) is 6.29 Å². The smallest absolute Gasteiger partial charge is 0.233 e. The van der Waals surface area contributed by atoms with Crippen molar-refractivity contribution < 1.29 is 19.6 Å². The summed E-state index contributed by atoms with van der Waals surface area (Å²) >= 11 is 0. The van der Waals surface area contributed by atoms with Crippen LogP contribution in [0.25, 0.3) is 0 Å². The molecule has 0 aromatic carbocycles. The molecule has 1 unspecified atom stereocenters. The average Bonchev–Trinajstić information content (AvgIpc) is 2.22. The topological polar surface area (TPSA) is 44.8 Å². The molecular weight excluding hydrogens is 172 g/mol. The van der Waals surface area contributed by atoms with Gasteiger partial charge in [-0.15, -0.1) is 0 Å². The van der Waals surface area contributed by atoms with Gasteiger partial charge in [0.1, 0.15) is 0 Å². The van der Waals surface area contributed by atoms with Gasteiger partial charge in [0, 0.05) is 0 Å². The van der Waals surface area contributed by atoms with Crippen LogP contribution < -0.4 is 0 Å². The number of hydrogen-bond acceptors (Lipinski definition) is 4. The number of carbonyl (C=O) groups excluding carboxylic acids is 1. The Kier molecular flexibility index (Phi) is 5.73. The molecule has 4 nitrogen and oxygen atoms in total. The molecule has 4 heteroatoms. The first-order chi connectivity index (χ1) is 6.43. The molecular formula is C9H15O4. The van der Waals surface area contributed by atoms with E-state index in [2.05, 4.69) is 9.93 Å². The lowest BCUT2D eigenvalue weighted by molar-refractivity contribution is -0.519. The van der Waals surface area contributed by atoms with E-state index in [1.165, 1.54) is 6.42 Å². The largest absolute Gasteiger partial charge is 0.288 e. The van der Waals surface area contributed by atoms with Crippen LogP contribution in [0.3, 0.4) is 0 Å². The quantitative estimate of drug-likeness (QED) is 0.586. The van der Waals surface area contributed by atoms with E-state index < -0.39 is 6.10 Å². The molecule has 13 heavy (non-hydrogen) atoms. The van der Waals surface area contributed by atoms with Crippen LogP contribution >= 0.6 is 0 Å². The second kappa shape index (κ2) is 7.00. The van der Waals surface area contributed by atoms with Crippen LogP contribution in [0.5, 0.6) is 0 Å². The van der Waals surface area contributed by atoms with Crippen LogP contribution in [0, 0.1) is 0 Å². The zero-order valence-corrected chi connectivity index (χ0v) is 7.66. The SMILES string of the molecule is O=[C]C1CCCCCCCOOO1. The van der Waals surface area contributed by atoms with Crippen molar-refractivity contribution >= 4 is 6.29 Å². The summed E-state index contributed by atoms with van der Waals surface area (Å²) in [7, 11) is 0. The van der Waals surface area contributed by atoms with Gasteiger partial charge in [-0.1, -0.05) is 30.7 Å². The summed E-state index contributed by atoms with van der Waals surface area (Å²) in [4.78, 5) is 19.7. The fourth-order valence-electron chi connectivity index (χ4n) is 1.26. The van der Waals surface area contributed by atoms with E-state index in [0.29, 0.717) is 13.0 Å². The summed E-state index contributed by atoms with van der Waals surface area (Å²) in [5, 5.41) is 4.41. The van der Waals surface area contributed by atoms with E-state index in [1.807, 2.05) is 0 Å². The third-order valence-corrected chi connectivity index (χ3v) is 2.03. The second-order valence-corrected chi connectivity index (χ2v) is 3.15. The minimum Gasteiger partial charge on any atom is -0.288 e. The van der Waals surface area contributed by atoms with Gasteiger partial charge in [-0.05, 0) is 12.8 Å². The minimum atomic E-state index is -0.599. The Balaban J connectivity index is 2.22. The van der Waals surface area contributed by atoms with Gasteiger partial charge >= 0.3 is 0 Å². The lowest BCUT2D eigenvalue weighted by Crippen LogP contribution is -2.15. The van der Waals surface area contributed by atoms with Crippen molar-refractivity contribution in [2.75, 3.05) is 6.61 Å². The van der Waals surface area contributed by atoms with Crippen LogP contribution in [0.15, 0.2) is 0 Å². The zero-order valence-electron chi connectivity index (χ0n) is 7.66. The summed E-state index contributed by atoms with van der Waals surface area (Å²) < 4.78 is 0. The molecule has 0 amide bonds. The maximum absolute atomic E-state index is 10.3. The molecule has 0 aromatic rings. The summed E-state index contributed by atoms with van der Waals surface area (Å²) in [5.74, 6) is 0. The summed E-state index contributed by atoms with van der Waals surface area (Å²) in [6, 6.07) is 0. The molecule has 0 aromatic heterocycles. The van der Waals surface area contributed by atoms with Gasteiger partial charge in [-0.25, -0.2) is 4.89 Å². The van der Waals surface area contributed by atoms with E-state index >= 15 is 0 Å². The molecule has 0 N–H and O–H groups in total. The Morgan fingerprint density at radius 1 is 1.08 bits per heavy atom. The Morgan fingerprint density at radius 2 is 1.85 bits per heavy atom. The van der Waals surface area contributed by atoms with Gasteiger partial charge in [0.15, 0.2) is 6.10 Å². The fraction of sp³-hybridized carbons (Fsp3) is 0.889. The van der Waals surface area contributed by atoms with Crippen molar-refractivity contribution in [2.45, 2.75) is 44.6 Å². The second-order valence-electron chi connectivity index (χ2n) is 3.15. The van der Waals surface area contributed by atoms with Crippen LogP contribution in [0.1, 0.15) is 38.5 Å². The molecule has 0 aliphatic carbocycles. The van der Waals surface area contributed by atoms with E-state index in [0.717, 1.165) is 25.7 Å². The summed E-state index contributed by atoms with van der Waals surface area (Å²) in [5.41, 5.74) is 0. The molecule has 1 fully saturated rings. The molecule has 1 radical (unpaired) electrons. The molecule has 0 spiro atoms. The summed E-state index contributed by atoms with van der Waals surface area (Å²) in [6.07, 6.45) is 7.21. The van der Waals surface area contributed by atoms with Gasteiger partial charge in [-0.2, -0.15) is 4.89 Å². The highest BCUT2D eigenvalue weighted by Crippen LogP contribution is 2.10. The van der Waals surface area contributed by atoms with Crippen molar-refractivity contribution in [1.82, 2.24) is 0 Å². The fourth-order valence-corrected chi connectivity index (χ4v) is 1.26. The number of rotatable bonds is 1. The molecule has 0 saturated carbocycles. The van der Waals surface area contributed by atoms with E-state index in [4.69, 9.17) is 4.89 Å². The van der Waals surface area contributed by atoms with Crippen LogP contribution in [0.4, 0.5) is 0 Å². The van der Waals surface area contributed by atoms with Crippen LogP contribution in [-0.4, -0.2) is 19.0 Å². The maximum atomic E-state index is 10.3. The van der Waals surface area contributed by atoms with E-state index in [1.54, 1.807) is 6.29 Å². The van der Waals surface area contributed by atoms with Crippen molar-refractivity contribution in [2.24, 2.45) is 0 Å². The standard InChI is InChI=1S/C9H15O4/c10-8-9-6-4-2-1-3-5-7-11-13-12-9/h9H,1-7H2. The van der Waals surface area contributed by atoms with Gasteiger partial charge in [0.25, 0.3) is 0 Å². The van der Waals surface area contributed by atoms with Crippen molar-refractivity contribution in [1.29, 1.82) is 0 Å². The molecule has 1 atom stereocenters. The first kappa shape index (κ1) is 10.6. The Morgan fingerprint density at radius 3 is 2.69 bits per heavy atom. The molecule has 1 saturated heterocycles. The lowest BCUT2D eigenvalue weighted by Gasteiger charge is -2.06. The third-order valence-electron chi connectivity index (χ3n) is 2.03. The van der Waals surface area contributed by atoms with Gasteiger partial charge in [-0.3, -0.25) is 4.79 Å². The maximum Gasteiger partial charge on any atom is 0.233 e. The molecule has 0 bridgehead atoms. The molecule has 1 aliphatic rings. The van der Waals surface area contributed by atoms with Gasteiger partial charge < -0.3 is 0 Å². The molecule has 1 rings (SSSR count). The Hall–Kier alpha value is -0.450. The zero-order chi connectivity index (χ0) is 9.36. The normalized spacial score (nSPS) is 27.5. The predicted octanol–water partition coefficient (Wildman–Crippen LogP) is 1.70. The predicted molar refractivity (Wildman–Crippen MR) is 45.3 cm³/mol. The van der Waals surface area contributed by atoms with Gasteiger partial charge in [0.05, 0.1) is 6.61 Å². The Labute approximate surface area is 78.0 Å². The van der Waals surface area contributed by atoms with Crippen molar-refractivity contribution in [3.05, 3.63) is 0 Å². The van der Waals surface area contributed by atoms with Crippen molar-refractivity contribution in [3.8, 4) is 0 Å². The minimum absolute atomic E-state index is 0.519. The highest BCUT2D eigenvalue weighted by Gasteiger charge is 2.11.